The molecule has 0 aliphatic heterocycles. The number of aliphatic imine (C=N–C) groups is 1. The van der Waals surface area contributed by atoms with Gasteiger partial charge in [0.05, 0.1) is 24.2 Å². The van der Waals surface area contributed by atoms with Crippen LogP contribution in [0.1, 0.15) is 24.0 Å². The first-order valence-electron chi connectivity index (χ1n) is 5.60. The van der Waals surface area contributed by atoms with E-state index in [9.17, 15) is 4.79 Å². The third kappa shape index (κ3) is 1.93. The van der Waals surface area contributed by atoms with Crippen molar-refractivity contribution in [2.75, 3.05) is 14.2 Å². The Morgan fingerprint density at radius 3 is 2.50 bits per heavy atom. The molecule has 0 saturated heterocycles. The number of rotatable bonds is 4. The van der Waals surface area contributed by atoms with Crippen LogP contribution in [0.3, 0.4) is 0 Å². The van der Waals surface area contributed by atoms with E-state index in [-0.39, 0.29) is 0 Å². The first kappa shape index (κ1) is 13.1. The van der Waals surface area contributed by atoms with Gasteiger partial charge < -0.3 is 9.47 Å². The van der Waals surface area contributed by atoms with E-state index in [1.54, 1.807) is 20.3 Å². The Morgan fingerprint density at radius 2 is 2.06 bits per heavy atom. The molecule has 0 N–H and O–H groups in total. The highest BCUT2D eigenvalue weighted by Gasteiger charge is 2.48. The quantitative estimate of drug-likeness (QED) is 0.634. The molecule has 1 aromatic carbocycles. The van der Waals surface area contributed by atoms with Crippen LogP contribution in [0.25, 0.3) is 0 Å². The number of hydrogen-bond donors (Lipinski definition) is 0. The number of halogens is 1. The van der Waals surface area contributed by atoms with Crippen LogP contribution in [0.2, 0.25) is 0 Å². The summed E-state index contributed by atoms with van der Waals surface area (Å²) in [5, 5.41) is 0. The Balaban J connectivity index is 2.65. The van der Waals surface area contributed by atoms with E-state index in [4.69, 9.17) is 9.47 Å². The Bertz CT molecular complexity index is 532. The lowest BCUT2D eigenvalue weighted by molar-refractivity contribution is 0.351. The summed E-state index contributed by atoms with van der Waals surface area (Å²) in [6, 6.07) is 1.90. The molecule has 0 unspecified atom stereocenters. The molecule has 1 aliphatic carbocycles. The number of benzene rings is 1. The van der Waals surface area contributed by atoms with E-state index in [1.165, 1.54) is 0 Å². The molecule has 4 nitrogen and oxygen atoms in total. The molecule has 96 valence electrons. The van der Waals surface area contributed by atoms with Gasteiger partial charge in [-0.15, -0.1) is 0 Å². The minimum Gasteiger partial charge on any atom is -0.493 e. The summed E-state index contributed by atoms with van der Waals surface area (Å²) < 4.78 is 11.4. The molecule has 1 saturated carbocycles. The molecule has 1 aromatic rings. The lowest BCUT2D eigenvalue weighted by Crippen LogP contribution is -2.08. The SMILES string of the molecule is COc1cc(C)c(C2(N=C=O)CC2)c(Br)c1OC. The fourth-order valence-electron chi connectivity index (χ4n) is 2.27. The molecular formula is C13H14BrNO3. The first-order chi connectivity index (χ1) is 8.59. The second kappa shape index (κ2) is 4.75. The highest BCUT2D eigenvalue weighted by atomic mass is 79.9. The van der Waals surface area contributed by atoms with Crippen molar-refractivity contribution in [3.63, 3.8) is 0 Å². The van der Waals surface area contributed by atoms with Crippen LogP contribution in [0.5, 0.6) is 11.5 Å². The molecule has 0 aromatic heterocycles. The van der Waals surface area contributed by atoms with Crippen LogP contribution in [0.4, 0.5) is 0 Å². The number of hydrogen-bond acceptors (Lipinski definition) is 4. The number of carbonyl (C=O) groups excluding carboxylic acids is 1. The normalized spacial score (nSPS) is 15.8. The molecule has 2 rings (SSSR count). The van der Waals surface area contributed by atoms with Gasteiger partial charge in [-0.25, -0.2) is 4.79 Å². The summed E-state index contributed by atoms with van der Waals surface area (Å²) in [6.45, 7) is 1.97. The highest BCUT2D eigenvalue weighted by molar-refractivity contribution is 9.10. The zero-order valence-electron chi connectivity index (χ0n) is 10.5. The molecule has 1 aliphatic rings. The van der Waals surface area contributed by atoms with Gasteiger partial charge >= 0.3 is 0 Å². The minimum atomic E-state index is -0.426. The van der Waals surface area contributed by atoms with Crippen molar-refractivity contribution < 1.29 is 14.3 Å². The Hall–Kier alpha value is -1.32. The number of aryl methyl sites for hydroxylation is 1. The minimum absolute atomic E-state index is 0.426. The monoisotopic (exact) mass is 311 g/mol. The Morgan fingerprint density at radius 1 is 1.39 bits per heavy atom. The summed E-state index contributed by atoms with van der Waals surface area (Å²) in [4.78, 5) is 14.5. The van der Waals surface area contributed by atoms with Crippen LogP contribution in [-0.4, -0.2) is 20.3 Å². The van der Waals surface area contributed by atoms with Gasteiger partial charge in [0.15, 0.2) is 11.5 Å². The average molecular weight is 312 g/mol. The molecule has 0 atom stereocenters. The summed E-state index contributed by atoms with van der Waals surface area (Å²) in [5.41, 5.74) is 1.59. The van der Waals surface area contributed by atoms with Gasteiger partial charge in [-0.2, -0.15) is 4.99 Å². The van der Waals surface area contributed by atoms with E-state index in [0.29, 0.717) is 11.5 Å². The summed E-state index contributed by atoms with van der Waals surface area (Å²) in [5.74, 6) is 1.29. The zero-order valence-corrected chi connectivity index (χ0v) is 12.1. The van der Waals surface area contributed by atoms with Gasteiger partial charge in [-0.1, -0.05) is 0 Å². The van der Waals surface area contributed by atoms with Crippen molar-refractivity contribution >= 4 is 22.0 Å². The average Bonchev–Trinajstić information content (AvgIpc) is 3.09. The Labute approximate surface area is 114 Å². The first-order valence-corrected chi connectivity index (χ1v) is 6.39. The van der Waals surface area contributed by atoms with Gasteiger partial charge in [0, 0.05) is 5.56 Å². The largest absolute Gasteiger partial charge is 0.493 e. The van der Waals surface area contributed by atoms with Crippen molar-refractivity contribution in [2.24, 2.45) is 4.99 Å². The van der Waals surface area contributed by atoms with Gasteiger partial charge in [0.2, 0.25) is 6.08 Å². The third-order valence-corrected chi connectivity index (χ3v) is 4.01. The molecule has 0 amide bonds. The van der Waals surface area contributed by atoms with Crippen molar-refractivity contribution in [1.29, 1.82) is 0 Å². The topological polar surface area (TPSA) is 47.9 Å². The Kier molecular flexibility index (Phi) is 3.46. The highest BCUT2D eigenvalue weighted by Crippen LogP contribution is 2.55. The van der Waals surface area contributed by atoms with Crippen molar-refractivity contribution in [3.8, 4) is 11.5 Å². The summed E-state index contributed by atoms with van der Waals surface area (Å²) in [6.07, 6.45) is 3.39. The molecule has 0 bridgehead atoms. The number of ether oxygens (including phenoxy) is 2. The fraction of sp³-hybridized carbons (Fsp3) is 0.462. The van der Waals surface area contributed by atoms with Crippen LogP contribution >= 0.6 is 15.9 Å². The van der Waals surface area contributed by atoms with Crippen molar-refractivity contribution in [2.45, 2.75) is 25.3 Å². The second-order valence-electron chi connectivity index (χ2n) is 4.35. The number of nitrogens with zero attached hydrogens (tertiary/aromatic N) is 1. The molecule has 0 radical (unpaired) electrons. The molecular weight excluding hydrogens is 298 g/mol. The molecule has 1 fully saturated rings. The van der Waals surface area contributed by atoms with Crippen molar-refractivity contribution in [1.82, 2.24) is 0 Å². The predicted octanol–water partition coefficient (Wildman–Crippen LogP) is 3.10. The summed E-state index contributed by atoms with van der Waals surface area (Å²) in [7, 11) is 3.18. The summed E-state index contributed by atoms with van der Waals surface area (Å²) >= 11 is 3.53. The van der Waals surface area contributed by atoms with Crippen LogP contribution in [0, 0.1) is 6.92 Å². The standard InChI is InChI=1S/C13H14BrNO3/c1-8-6-9(17-2)12(18-3)11(14)10(8)13(4-5-13)15-7-16/h6H,4-5H2,1-3H3. The predicted molar refractivity (Wildman–Crippen MR) is 71.0 cm³/mol. The van der Waals surface area contributed by atoms with Gasteiger partial charge in [-0.3, -0.25) is 0 Å². The van der Waals surface area contributed by atoms with Gasteiger partial charge in [0.25, 0.3) is 0 Å². The van der Waals surface area contributed by atoms with Crippen LogP contribution in [0.15, 0.2) is 15.5 Å². The zero-order chi connectivity index (χ0) is 13.3. The van der Waals surface area contributed by atoms with E-state index in [2.05, 4.69) is 20.9 Å². The smallest absolute Gasteiger partial charge is 0.235 e. The maximum absolute atomic E-state index is 10.6. The van der Waals surface area contributed by atoms with E-state index in [1.807, 2.05) is 13.0 Å². The molecule has 0 spiro atoms. The van der Waals surface area contributed by atoms with E-state index in [0.717, 1.165) is 28.4 Å². The van der Waals surface area contributed by atoms with Gasteiger partial charge in [0.1, 0.15) is 0 Å². The molecule has 5 heteroatoms. The van der Waals surface area contributed by atoms with E-state index >= 15 is 0 Å². The fourth-order valence-corrected chi connectivity index (χ4v) is 3.30. The lowest BCUT2D eigenvalue weighted by atomic mass is 9.98. The maximum atomic E-state index is 10.6. The van der Waals surface area contributed by atoms with Crippen LogP contribution in [-0.2, 0) is 10.3 Å². The lowest BCUT2D eigenvalue weighted by Gasteiger charge is -2.19. The third-order valence-electron chi connectivity index (χ3n) is 3.26. The molecule has 18 heavy (non-hydrogen) atoms. The number of methoxy groups -OCH3 is 2. The van der Waals surface area contributed by atoms with Crippen molar-refractivity contribution in [3.05, 3.63) is 21.7 Å². The van der Waals surface area contributed by atoms with Crippen LogP contribution < -0.4 is 9.47 Å². The maximum Gasteiger partial charge on any atom is 0.235 e. The molecule has 0 heterocycles. The van der Waals surface area contributed by atoms with E-state index < -0.39 is 5.54 Å². The van der Waals surface area contributed by atoms with Gasteiger partial charge in [-0.05, 0) is 47.3 Å². The number of isocyanates is 1. The second-order valence-corrected chi connectivity index (χ2v) is 5.15.